The summed E-state index contributed by atoms with van der Waals surface area (Å²) in [5.41, 5.74) is 0. The molecule has 0 saturated carbocycles. The predicted molar refractivity (Wildman–Crippen MR) is 75.0 cm³/mol. The lowest BCUT2D eigenvalue weighted by Crippen LogP contribution is -2.09. The summed E-state index contributed by atoms with van der Waals surface area (Å²) < 4.78 is 0. The molecule has 0 aliphatic carbocycles. The van der Waals surface area contributed by atoms with Gasteiger partial charge in [-0.15, -0.1) is 0 Å². The molecule has 0 fully saturated rings. The highest BCUT2D eigenvalue weighted by atomic mass is 16.2. The smallest absolute Gasteiger partial charge is 0.0402 e. The second kappa shape index (κ2) is 36.4. The highest BCUT2D eigenvalue weighted by molar-refractivity contribution is 4.35. The van der Waals surface area contributed by atoms with Gasteiger partial charge in [0.2, 0.25) is 0 Å². The topological polar surface area (TPSA) is 63.8 Å². The van der Waals surface area contributed by atoms with Crippen LogP contribution >= 0.6 is 0 Å². The fraction of sp³-hybridized carbons (Fsp3) is 1.00. The van der Waals surface area contributed by atoms with Crippen LogP contribution in [0.5, 0.6) is 0 Å². The monoisotopic (exact) mass is 237 g/mol. The second-order valence-electron chi connectivity index (χ2n) is 3.33. The molecule has 0 rings (SSSR count). The summed E-state index contributed by atoms with van der Waals surface area (Å²) in [6.45, 7) is 12.8. The van der Waals surface area contributed by atoms with Crippen LogP contribution in [0.2, 0.25) is 0 Å². The largest absolute Gasteiger partial charge is 0.412 e. The van der Waals surface area contributed by atoms with Crippen molar-refractivity contribution in [3.8, 4) is 0 Å². The van der Waals surface area contributed by atoms with E-state index in [9.17, 15) is 0 Å². The molecule has 16 heavy (non-hydrogen) atoms. The first-order chi connectivity index (χ1) is 7.24. The van der Waals surface area contributed by atoms with Crippen molar-refractivity contribution < 1.29 is 10.6 Å². The number of hydrogen-bond donors (Lipinski definition) is 2. The van der Waals surface area contributed by atoms with Gasteiger partial charge in [-0.2, -0.15) is 0 Å². The average Bonchev–Trinajstić information content (AvgIpc) is 2.22. The van der Waals surface area contributed by atoms with E-state index < -0.39 is 0 Å². The quantitative estimate of drug-likeness (QED) is 0.698. The first kappa shape index (κ1) is 24.9. The van der Waals surface area contributed by atoms with Crippen LogP contribution in [0.4, 0.5) is 0 Å². The fourth-order valence-corrected chi connectivity index (χ4v) is 0.927. The summed E-state index contributed by atoms with van der Waals surface area (Å²) in [5.74, 6) is 0. The van der Waals surface area contributed by atoms with E-state index >= 15 is 0 Å². The molecule has 0 aliphatic rings. The van der Waals surface area contributed by atoms with Crippen LogP contribution in [0.25, 0.3) is 0 Å². The minimum absolute atomic E-state index is 0. The zero-order valence-electron chi connectivity index (χ0n) is 12.1. The Labute approximate surface area is 103 Å². The summed E-state index contributed by atoms with van der Waals surface area (Å²) in [5, 5.41) is 10.7. The molecule has 0 aromatic rings. The molecule has 0 heterocycles. The van der Waals surface area contributed by atoms with Gasteiger partial charge in [0, 0.05) is 6.61 Å². The molecular formula is C13H35NO2. The van der Waals surface area contributed by atoms with Crippen molar-refractivity contribution in [2.75, 3.05) is 19.7 Å². The van der Waals surface area contributed by atoms with Crippen molar-refractivity contribution >= 4 is 0 Å². The lowest BCUT2D eigenvalue weighted by atomic mass is 10.2. The molecule has 0 aromatic carbocycles. The van der Waals surface area contributed by atoms with Crippen LogP contribution in [0.15, 0.2) is 0 Å². The van der Waals surface area contributed by atoms with E-state index in [2.05, 4.69) is 33.0 Å². The van der Waals surface area contributed by atoms with Crippen LogP contribution in [-0.4, -0.2) is 30.3 Å². The number of unbranched alkanes of at least 4 members (excludes halogenated alkanes) is 4. The standard InChI is InChI=1S/C7H16.C4H11N.C2H6O.H2O/c1-3-5-7-6-4-2;1-3-5-4-2;1-2-3;/h3-7H2,1-2H3;5H,3-4H2,1-2H3;3H,2H2,1H3;1H2. The third-order valence-electron chi connectivity index (χ3n) is 1.71. The Morgan fingerprint density at radius 2 is 1.06 bits per heavy atom. The highest BCUT2D eigenvalue weighted by Gasteiger charge is 1.80. The van der Waals surface area contributed by atoms with Crippen LogP contribution in [0.3, 0.4) is 0 Å². The van der Waals surface area contributed by atoms with Gasteiger partial charge in [0.1, 0.15) is 0 Å². The van der Waals surface area contributed by atoms with Crippen LogP contribution < -0.4 is 5.32 Å². The molecule has 0 spiro atoms. The summed E-state index contributed by atoms with van der Waals surface area (Å²) >= 11 is 0. The van der Waals surface area contributed by atoms with Crippen molar-refractivity contribution in [3.63, 3.8) is 0 Å². The molecule has 0 atom stereocenters. The fourth-order valence-electron chi connectivity index (χ4n) is 0.927. The van der Waals surface area contributed by atoms with Gasteiger partial charge in [-0.05, 0) is 20.0 Å². The summed E-state index contributed by atoms with van der Waals surface area (Å²) in [6.07, 6.45) is 7.01. The Morgan fingerprint density at radius 3 is 1.19 bits per heavy atom. The molecule has 0 unspecified atom stereocenters. The van der Waals surface area contributed by atoms with E-state index in [0.717, 1.165) is 13.1 Å². The SMILES string of the molecule is CCCCCCC.CCNCC.CCO.O. The molecule has 0 aliphatic heterocycles. The molecule has 3 heteroatoms. The Kier molecular flexibility index (Phi) is 56.6. The third kappa shape index (κ3) is 66.6. The van der Waals surface area contributed by atoms with E-state index in [1.807, 2.05) is 0 Å². The van der Waals surface area contributed by atoms with Crippen LogP contribution in [0.1, 0.15) is 66.7 Å². The summed E-state index contributed by atoms with van der Waals surface area (Å²) in [7, 11) is 0. The van der Waals surface area contributed by atoms with E-state index in [1.165, 1.54) is 32.1 Å². The van der Waals surface area contributed by atoms with Crippen molar-refractivity contribution in [2.24, 2.45) is 0 Å². The molecule has 0 amide bonds. The lowest BCUT2D eigenvalue weighted by Gasteiger charge is -1.90. The molecule has 0 radical (unpaired) electrons. The maximum absolute atomic E-state index is 7.57. The molecule has 0 saturated heterocycles. The number of aliphatic hydroxyl groups excluding tert-OH is 1. The van der Waals surface area contributed by atoms with E-state index in [0.29, 0.717) is 0 Å². The first-order valence-corrected chi connectivity index (χ1v) is 6.56. The zero-order chi connectivity index (χ0) is 12.4. The normalized spacial score (nSPS) is 7.88. The summed E-state index contributed by atoms with van der Waals surface area (Å²) in [4.78, 5) is 0. The van der Waals surface area contributed by atoms with Gasteiger partial charge in [0.05, 0.1) is 0 Å². The Morgan fingerprint density at radius 1 is 0.750 bits per heavy atom. The van der Waals surface area contributed by atoms with E-state index in [1.54, 1.807) is 6.92 Å². The molecule has 3 nitrogen and oxygen atoms in total. The third-order valence-corrected chi connectivity index (χ3v) is 1.71. The van der Waals surface area contributed by atoms with E-state index in [4.69, 9.17) is 5.11 Å². The van der Waals surface area contributed by atoms with Gasteiger partial charge < -0.3 is 15.9 Å². The first-order valence-electron chi connectivity index (χ1n) is 6.56. The number of nitrogens with one attached hydrogen (secondary N) is 1. The van der Waals surface area contributed by atoms with E-state index in [-0.39, 0.29) is 12.1 Å². The second-order valence-corrected chi connectivity index (χ2v) is 3.33. The Bertz CT molecular complexity index is 65.0. The number of rotatable bonds is 6. The Hall–Kier alpha value is -0.120. The van der Waals surface area contributed by atoms with Gasteiger partial charge in [0.25, 0.3) is 0 Å². The van der Waals surface area contributed by atoms with Crippen molar-refractivity contribution in [1.82, 2.24) is 5.32 Å². The van der Waals surface area contributed by atoms with Crippen molar-refractivity contribution in [2.45, 2.75) is 66.7 Å². The summed E-state index contributed by atoms with van der Waals surface area (Å²) in [6, 6.07) is 0. The molecule has 4 N–H and O–H groups in total. The lowest BCUT2D eigenvalue weighted by molar-refractivity contribution is 0.318. The minimum Gasteiger partial charge on any atom is -0.412 e. The van der Waals surface area contributed by atoms with Crippen molar-refractivity contribution in [1.29, 1.82) is 0 Å². The van der Waals surface area contributed by atoms with Gasteiger partial charge in [-0.3, -0.25) is 0 Å². The minimum atomic E-state index is 0. The number of aliphatic hydroxyl groups is 1. The number of hydrogen-bond acceptors (Lipinski definition) is 2. The highest BCUT2D eigenvalue weighted by Crippen LogP contribution is 2.00. The molecule has 104 valence electrons. The maximum atomic E-state index is 7.57. The van der Waals surface area contributed by atoms with Gasteiger partial charge in [-0.1, -0.05) is 59.8 Å². The van der Waals surface area contributed by atoms with Gasteiger partial charge >= 0.3 is 0 Å². The maximum Gasteiger partial charge on any atom is 0.0402 e. The van der Waals surface area contributed by atoms with Crippen molar-refractivity contribution in [3.05, 3.63) is 0 Å². The molecule has 0 bridgehead atoms. The Balaban J connectivity index is -0.0000000710. The molecule has 0 aromatic heterocycles. The van der Waals surface area contributed by atoms with Gasteiger partial charge in [0.15, 0.2) is 0 Å². The zero-order valence-corrected chi connectivity index (χ0v) is 12.1. The predicted octanol–water partition coefficient (Wildman–Crippen LogP) is 2.77. The van der Waals surface area contributed by atoms with Crippen LogP contribution in [-0.2, 0) is 0 Å². The molecular weight excluding hydrogens is 202 g/mol. The van der Waals surface area contributed by atoms with Gasteiger partial charge in [-0.25, -0.2) is 0 Å². The van der Waals surface area contributed by atoms with Crippen LogP contribution in [0, 0.1) is 0 Å². The average molecular weight is 237 g/mol.